The van der Waals surface area contributed by atoms with Gasteiger partial charge >= 0.3 is 0 Å². The van der Waals surface area contributed by atoms with Crippen LogP contribution in [0.3, 0.4) is 0 Å². The van der Waals surface area contributed by atoms with Crippen LogP contribution < -0.4 is 10.6 Å². The minimum Gasteiger partial charge on any atom is -0.359 e. The number of hydrogen-bond donors (Lipinski definition) is 2. The van der Waals surface area contributed by atoms with Gasteiger partial charge in [-0.15, -0.1) is 0 Å². The molecule has 8 heteroatoms. The van der Waals surface area contributed by atoms with Gasteiger partial charge in [-0.05, 0) is 67.4 Å². The molecule has 8 nitrogen and oxygen atoms in total. The van der Waals surface area contributed by atoms with E-state index in [2.05, 4.69) is 62.4 Å². The van der Waals surface area contributed by atoms with Crippen LogP contribution in [-0.4, -0.2) is 71.4 Å². The Hall–Kier alpha value is -3.49. The smallest absolute Gasteiger partial charge is 0.246 e. The molecule has 1 spiro atoms. The highest BCUT2D eigenvalue weighted by atomic mass is 16.5. The van der Waals surface area contributed by atoms with Crippen LogP contribution in [0.15, 0.2) is 66.7 Å². The predicted molar refractivity (Wildman–Crippen MR) is 180 cm³/mol. The van der Waals surface area contributed by atoms with Crippen LogP contribution >= 0.6 is 0 Å². The summed E-state index contributed by atoms with van der Waals surface area (Å²) in [5.41, 5.74) is 1.95. The summed E-state index contributed by atoms with van der Waals surface area (Å²) in [5, 5.41) is 6.40. The standard InChI is InChI=1S/C38H50N4O4/c1-24(2)28-15-17-29(18-16-28)39-35(43)32-31-19-20-38(46-31)33(32)37(45)42(22-10-21-41(5)23-27-12-7-6-8-13-27)34(38)36(44)40-30-14-9-11-25(3)26(30)4/h6-8,12-13,15-20,24-26,30-34H,9-11,14,21-23H2,1-5H3,(H,39,43)(H,40,44). The lowest BCUT2D eigenvalue weighted by Gasteiger charge is -2.38. The number of ether oxygens (including phenoxy) is 1. The number of carbonyl (C=O) groups excluding carboxylic acids is 3. The van der Waals surface area contributed by atoms with Crippen molar-refractivity contribution in [3.63, 3.8) is 0 Å². The summed E-state index contributed by atoms with van der Waals surface area (Å²) in [5.74, 6) is -0.794. The van der Waals surface area contributed by atoms with E-state index < -0.39 is 29.6 Å². The van der Waals surface area contributed by atoms with Crippen molar-refractivity contribution >= 4 is 23.4 Å². The number of nitrogens with zero attached hydrogens (tertiary/aromatic N) is 2. The van der Waals surface area contributed by atoms with Gasteiger partial charge in [-0.2, -0.15) is 0 Å². The molecular formula is C38H50N4O4. The van der Waals surface area contributed by atoms with Gasteiger partial charge in [0.1, 0.15) is 11.6 Å². The van der Waals surface area contributed by atoms with Crippen molar-refractivity contribution in [2.75, 3.05) is 25.5 Å². The van der Waals surface area contributed by atoms with Gasteiger partial charge in [0.2, 0.25) is 17.7 Å². The van der Waals surface area contributed by atoms with E-state index in [1.54, 1.807) is 4.90 Å². The number of likely N-dealkylation sites (tertiary alicyclic amines) is 1. The first kappa shape index (κ1) is 32.5. The molecule has 3 amide bonds. The molecule has 1 aliphatic carbocycles. The molecule has 0 radical (unpaired) electrons. The lowest BCUT2D eigenvalue weighted by Crippen LogP contribution is -2.58. The van der Waals surface area contributed by atoms with Gasteiger partial charge in [0.15, 0.2) is 0 Å². The van der Waals surface area contributed by atoms with Crippen molar-refractivity contribution in [3.05, 3.63) is 77.9 Å². The molecule has 6 rings (SSSR count). The van der Waals surface area contributed by atoms with E-state index in [-0.39, 0.29) is 23.8 Å². The average Bonchev–Trinajstić information content (AvgIpc) is 3.67. The van der Waals surface area contributed by atoms with Crippen LogP contribution in [0.5, 0.6) is 0 Å². The van der Waals surface area contributed by atoms with E-state index in [1.807, 2.05) is 54.6 Å². The molecule has 0 aromatic heterocycles. The van der Waals surface area contributed by atoms with Gasteiger partial charge in [0.05, 0.1) is 17.9 Å². The number of hydrogen-bond acceptors (Lipinski definition) is 5. The van der Waals surface area contributed by atoms with Gasteiger partial charge in [-0.25, -0.2) is 0 Å². The highest BCUT2D eigenvalue weighted by Gasteiger charge is 2.72. The topological polar surface area (TPSA) is 91.0 Å². The fourth-order valence-corrected chi connectivity index (χ4v) is 8.22. The Morgan fingerprint density at radius 3 is 2.50 bits per heavy atom. The lowest BCUT2D eigenvalue weighted by molar-refractivity contribution is -0.141. The summed E-state index contributed by atoms with van der Waals surface area (Å²) in [7, 11) is 2.07. The maximum Gasteiger partial charge on any atom is 0.246 e. The molecule has 3 aliphatic heterocycles. The van der Waals surface area contributed by atoms with Gasteiger partial charge < -0.3 is 25.2 Å². The number of anilines is 1. The van der Waals surface area contributed by atoms with Crippen LogP contribution in [0.4, 0.5) is 5.69 Å². The molecule has 1 saturated carbocycles. The van der Waals surface area contributed by atoms with Crippen LogP contribution in [0.1, 0.15) is 70.4 Å². The molecule has 8 unspecified atom stereocenters. The molecule has 2 aromatic carbocycles. The molecule has 2 saturated heterocycles. The van der Waals surface area contributed by atoms with E-state index in [0.29, 0.717) is 36.4 Å². The minimum atomic E-state index is -1.16. The van der Waals surface area contributed by atoms with E-state index in [9.17, 15) is 14.4 Å². The normalized spacial score (nSPS) is 31.5. The first-order valence-electron chi connectivity index (χ1n) is 17.2. The Morgan fingerprint density at radius 1 is 1.04 bits per heavy atom. The molecule has 2 aromatic rings. The van der Waals surface area contributed by atoms with Crippen molar-refractivity contribution in [1.29, 1.82) is 0 Å². The van der Waals surface area contributed by atoms with Crippen molar-refractivity contribution < 1.29 is 19.1 Å². The molecule has 2 bridgehead atoms. The second kappa shape index (κ2) is 13.3. The third-order valence-corrected chi connectivity index (χ3v) is 11.0. The highest BCUT2D eigenvalue weighted by molar-refractivity contribution is 6.02. The second-order valence-corrected chi connectivity index (χ2v) is 14.5. The number of rotatable bonds is 11. The SMILES string of the molecule is CC(C)c1ccc(NC(=O)C2C3C=CC4(O3)C2C(=O)N(CCCN(C)Cc2ccccc2)C4C(=O)NC2CCCC(C)C2C)cc1. The van der Waals surface area contributed by atoms with Crippen LogP contribution in [-0.2, 0) is 25.7 Å². The second-order valence-electron chi connectivity index (χ2n) is 14.5. The third-order valence-electron chi connectivity index (χ3n) is 11.0. The maximum atomic E-state index is 14.4. The van der Waals surface area contributed by atoms with Crippen molar-refractivity contribution in [2.24, 2.45) is 23.7 Å². The summed E-state index contributed by atoms with van der Waals surface area (Å²) >= 11 is 0. The van der Waals surface area contributed by atoms with Gasteiger partial charge in [0, 0.05) is 24.8 Å². The number of fused-ring (bicyclic) bond motifs is 1. The zero-order chi connectivity index (χ0) is 32.6. The Kier molecular flexibility index (Phi) is 9.40. The summed E-state index contributed by atoms with van der Waals surface area (Å²) in [4.78, 5) is 46.5. The maximum absolute atomic E-state index is 14.4. The van der Waals surface area contributed by atoms with Crippen molar-refractivity contribution in [1.82, 2.24) is 15.1 Å². The van der Waals surface area contributed by atoms with Gasteiger partial charge in [-0.3, -0.25) is 14.4 Å². The molecule has 2 N–H and O–H groups in total. The average molecular weight is 627 g/mol. The quantitative estimate of drug-likeness (QED) is 0.328. The van der Waals surface area contributed by atoms with Crippen LogP contribution in [0.25, 0.3) is 0 Å². The molecule has 4 aliphatic rings. The fourth-order valence-electron chi connectivity index (χ4n) is 8.22. The molecule has 246 valence electrons. The molecule has 3 fully saturated rings. The molecule has 8 atom stereocenters. The van der Waals surface area contributed by atoms with E-state index >= 15 is 0 Å². The zero-order valence-electron chi connectivity index (χ0n) is 27.9. The van der Waals surface area contributed by atoms with E-state index in [0.717, 1.165) is 32.4 Å². The zero-order valence-corrected chi connectivity index (χ0v) is 27.9. The number of amides is 3. The predicted octanol–water partition coefficient (Wildman–Crippen LogP) is 5.36. The number of benzene rings is 2. The summed E-state index contributed by atoms with van der Waals surface area (Å²) in [6.07, 6.45) is 7.10. The van der Waals surface area contributed by atoms with Crippen molar-refractivity contribution in [2.45, 2.75) is 89.6 Å². The monoisotopic (exact) mass is 626 g/mol. The molecular weight excluding hydrogens is 576 g/mol. The molecule has 3 heterocycles. The Bertz CT molecular complexity index is 1440. The van der Waals surface area contributed by atoms with Gasteiger partial charge in [0.25, 0.3) is 0 Å². The number of carbonyl (C=O) groups is 3. The summed E-state index contributed by atoms with van der Waals surface area (Å²) in [6, 6.07) is 17.4. The van der Waals surface area contributed by atoms with Crippen LogP contribution in [0, 0.1) is 23.7 Å². The van der Waals surface area contributed by atoms with Crippen molar-refractivity contribution in [3.8, 4) is 0 Å². The minimum absolute atomic E-state index is 0.0520. The van der Waals surface area contributed by atoms with Gasteiger partial charge in [-0.1, -0.05) is 95.2 Å². The first-order chi connectivity index (χ1) is 22.1. The fraction of sp³-hybridized carbons (Fsp3) is 0.553. The van der Waals surface area contributed by atoms with Crippen LogP contribution in [0.2, 0.25) is 0 Å². The largest absolute Gasteiger partial charge is 0.359 e. The van der Waals surface area contributed by atoms with E-state index in [4.69, 9.17) is 4.74 Å². The summed E-state index contributed by atoms with van der Waals surface area (Å²) in [6.45, 7) is 10.7. The Balaban J connectivity index is 1.22. The highest BCUT2D eigenvalue weighted by Crippen LogP contribution is 2.55. The Labute approximate surface area is 273 Å². The third kappa shape index (κ3) is 6.14. The summed E-state index contributed by atoms with van der Waals surface area (Å²) < 4.78 is 6.58. The molecule has 46 heavy (non-hydrogen) atoms. The van der Waals surface area contributed by atoms with E-state index in [1.165, 1.54) is 11.1 Å². The Morgan fingerprint density at radius 2 is 1.78 bits per heavy atom. The lowest BCUT2D eigenvalue weighted by atomic mass is 9.73. The first-order valence-corrected chi connectivity index (χ1v) is 17.2. The number of nitrogens with one attached hydrogen (secondary N) is 2.